The van der Waals surface area contributed by atoms with Gasteiger partial charge in [0.1, 0.15) is 17.3 Å². The molecule has 30 heavy (non-hydrogen) atoms. The Kier molecular flexibility index (Phi) is 6.75. The third kappa shape index (κ3) is 5.41. The summed E-state index contributed by atoms with van der Waals surface area (Å²) in [7, 11) is 3.20. The summed E-state index contributed by atoms with van der Waals surface area (Å²) in [4.78, 5) is 12.8. The van der Waals surface area contributed by atoms with E-state index in [1.807, 2.05) is 53.4 Å². The zero-order chi connectivity index (χ0) is 21.5. The first kappa shape index (κ1) is 21.0. The highest BCUT2D eigenvalue weighted by molar-refractivity contribution is 5.83. The maximum atomic E-state index is 14.7. The highest BCUT2D eigenvalue weighted by Crippen LogP contribution is 2.28. The van der Waals surface area contributed by atoms with Gasteiger partial charge in [0.25, 0.3) is 0 Å². The summed E-state index contributed by atoms with van der Waals surface area (Å²) in [5, 5.41) is 11.3. The molecule has 3 aromatic rings. The number of halogens is 1. The Morgan fingerprint density at radius 1 is 0.900 bits per heavy atom. The molecule has 0 fully saturated rings. The van der Waals surface area contributed by atoms with E-state index in [0.717, 1.165) is 22.6 Å². The van der Waals surface area contributed by atoms with E-state index < -0.39 is 11.9 Å². The summed E-state index contributed by atoms with van der Waals surface area (Å²) < 4.78 is 25.1. The Bertz CT molecular complexity index is 942. The van der Waals surface area contributed by atoms with Crippen LogP contribution < -0.4 is 19.7 Å². The van der Waals surface area contributed by atoms with Gasteiger partial charge in [-0.2, -0.15) is 0 Å². The second-order valence-corrected chi connectivity index (χ2v) is 6.65. The van der Waals surface area contributed by atoms with Crippen molar-refractivity contribution in [3.8, 4) is 11.5 Å². The van der Waals surface area contributed by atoms with Gasteiger partial charge in [0, 0.05) is 18.8 Å². The van der Waals surface area contributed by atoms with Crippen LogP contribution in [0.2, 0.25) is 0 Å². The first-order chi connectivity index (χ1) is 14.5. The Hall–Kier alpha value is -3.74. The zero-order valence-corrected chi connectivity index (χ0v) is 16.8. The van der Waals surface area contributed by atoms with E-state index >= 15 is 0 Å². The SMILES string of the molecule is COc1ccc(CN(Cc2ccc(OC)cc2)c2cc(NC(=O)O)ccc2F)cc1. The Morgan fingerprint density at radius 2 is 1.40 bits per heavy atom. The molecule has 0 atom stereocenters. The molecule has 0 saturated heterocycles. The number of ether oxygens (including phenoxy) is 2. The molecule has 0 unspecified atom stereocenters. The quantitative estimate of drug-likeness (QED) is 0.538. The molecular weight excluding hydrogens is 387 g/mol. The van der Waals surface area contributed by atoms with Crippen molar-refractivity contribution in [2.45, 2.75) is 13.1 Å². The number of benzene rings is 3. The summed E-state index contributed by atoms with van der Waals surface area (Å²) in [5.74, 6) is 1.03. The molecule has 0 spiro atoms. The number of amides is 1. The van der Waals surface area contributed by atoms with Crippen LogP contribution in [0.4, 0.5) is 20.6 Å². The minimum atomic E-state index is -1.20. The second kappa shape index (κ2) is 9.65. The Balaban J connectivity index is 1.93. The standard InChI is InChI=1S/C23H23FN2O4/c1-29-19-8-3-16(4-9-19)14-26(15-17-5-10-20(30-2)11-6-17)22-13-18(25-23(27)28)7-12-21(22)24/h3-13,25H,14-15H2,1-2H3,(H,27,28). The Labute approximate surface area is 174 Å². The molecule has 0 aromatic heterocycles. The number of nitrogens with zero attached hydrogens (tertiary/aromatic N) is 1. The highest BCUT2D eigenvalue weighted by Gasteiger charge is 2.15. The van der Waals surface area contributed by atoms with Crippen molar-refractivity contribution < 1.29 is 23.8 Å². The molecule has 0 aliphatic carbocycles. The summed E-state index contributed by atoms with van der Waals surface area (Å²) in [6.45, 7) is 0.840. The molecule has 0 saturated carbocycles. The lowest BCUT2D eigenvalue weighted by Crippen LogP contribution is -2.23. The van der Waals surface area contributed by atoms with Crippen LogP contribution in [0.5, 0.6) is 11.5 Å². The van der Waals surface area contributed by atoms with Gasteiger partial charge < -0.3 is 19.5 Å². The van der Waals surface area contributed by atoms with Crippen LogP contribution in [-0.4, -0.2) is 25.4 Å². The summed E-state index contributed by atoms with van der Waals surface area (Å²) in [6.07, 6.45) is -1.20. The van der Waals surface area contributed by atoms with Gasteiger partial charge in [0.2, 0.25) is 0 Å². The van der Waals surface area contributed by atoms with Crippen molar-refractivity contribution in [1.29, 1.82) is 0 Å². The highest BCUT2D eigenvalue weighted by atomic mass is 19.1. The summed E-state index contributed by atoms with van der Waals surface area (Å²) in [6, 6.07) is 19.2. The minimum Gasteiger partial charge on any atom is -0.497 e. The fourth-order valence-electron chi connectivity index (χ4n) is 3.09. The number of rotatable bonds is 8. The number of hydrogen-bond acceptors (Lipinski definition) is 4. The Morgan fingerprint density at radius 3 is 1.83 bits per heavy atom. The fraction of sp³-hybridized carbons (Fsp3) is 0.174. The van der Waals surface area contributed by atoms with E-state index in [1.165, 1.54) is 18.2 Å². The van der Waals surface area contributed by atoms with Crippen molar-refractivity contribution in [3.05, 3.63) is 83.7 Å². The molecule has 0 bridgehead atoms. The molecule has 0 aliphatic rings. The van der Waals surface area contributed by atoms with Gasteiger partial charge in [-0.3, -0.25) is 5.32 Å². The lowest BCUT2D eigenvalue weighted by atomic mass is 10.1. The van der Waals surface area contributed by atoms with Crippen LogP contribution in [0.1, 0.15) is 11.1 Å². The monoisotopic (exact) mass is 410 g/mol. The van der Waals surface area contributed by atoms with Crippen molar-refractivity contribution in [3.63, 3.8) is 0 Å². The second-order valence-electron chi connectivity index (χ2n) is 6.65. The average Bonchev–Trinajstić information content (AvgIpc) is 2.75. The third-order valence-electron chi connectivity index (χ3n) is 4.60. The molecule has 2 N–H and O–H groups in total. The van der Waals surface area contributed by atoms with Crippen LogP contribution in [0.15, 0.2) is 66.7 Å². The van der Waals surface area contributed by atoms with E-state index in [9.17, 15) is 9.18 Å². The van der Waals surface area contributed by atoms with Crippen molar-refractivity contribution in [2.75, 3.05) is 24.4 Å². The molecule has 0 heterocycles. The molecule has 1 amide bonds. The average molecular weight is 410 g/mol. The third-order valence-corrected chi connectivity index (χ3v) is 4.60. The van der Waals surface area contributed by atoms with Crippen LogP contribution in [0.25, 0.3) is 0 Å². The van der Waals surface area contributed by atoms with Gasteiger partial charge >= 0.3 is 6.09 Å². The van der Waals surface area contributed by atoms with E-state index in [2.05, 4.69) is 5.32 Å². The number of methoxy groups -OCH3 is 2. The summed E-state index contributed by atoms with van der Waals surface area (Å²) in [5.41, 5.74) is 2.52. The molecule has 0 radical (unpaired) electrons. The number of hydrogen-bond donors (Lipinski definition) is 2. The van der Waals surface area contributed by atoms with Gasteiger partial charge in [0.15, 0.2) is 0 Å². The van der Waals surface area contributed by atoms with Crippen LogP contribution in [-0.2, 0) is 13.1 Å². The molecule has 3 rings (SSSR count). The topological polar surface area (TPSA) is 71.0 Å². The maximum absolute atomic E-state index is 14.7. The van der Waals surface area contributed by atoms with E-state index in [1.54, 1.807) is 14.2 Å². The lowest BCUT2D eigenvalue weighted by molar-refractivity contribution is 0.209. The van der Waals surface area contributed by atoms with Crippen molar-refractivity contribution >= 4 is 17.5 Å². The predicted octanol–water partition coefficient (Wildman–Crippen LogP) is 5.14. The molecule has 0 aliphatic heterocycles. The number of nitrogens with one attached hydrogen (secondary N) is 1. The van der Waals surface area contributed by atoms with Crippen LogP contribution in [0, 0.1) is 5.82 Å². The maximum Gasteiger partial charge on any atom is 0.409 e. The van der Waals surface area contributed by atoms with Crippen LogP contribution in [0.3, 0.4) is 0 Å². The fourth-order valence-corrected chi connectivity index (χ4v) is 3.09. The van der Waals surface area contributed by atoms with Gasteiger partial charge in [-0.25, -0.2) is 9.18 Å². The first-order valence-electron chi connectivity index (χ1n) is 9.29. The first-order valence-corrected chi connectivity index (χ1v) is 9.29. The largest absolute Gasteiger partial charge is 0.497 e. The van der Waals surface area contributed by atoms with Gasteiger partial charge in [0.05, 0.1) is 19.9 Å². The lowest BCUT2D eigenvalue weighted by Gasteiger charge is -2.26. The smallest absolute Gasteiger partial charge is 0.409 e. The van der Waals surface area contributed by atoms with Gasteiger partial charge in [-0.05, 0) is 53.6 Å². The molecular formula is C23H23FN2O4. The predicted molar refractivity (Wildman–Crippen MR) is 114 cm³/mol. The zero-order valence-electron chi connectivity index (χ0n) is 16.8. The van der Waals surface area contributed by atoms with E-state index in [4.69, 9.17) is 14.6 Å². The van der Waals surface area contributed by atoms with Gasteiger partial charge in [-0.1, -0.05) is 24.3 Å². The van der Waals surface area contributed by atoms with Crippen LogP contribution >= 0.6 is 0 Å². The molecule has 3 aromatic carbocycles. The summed E-state index contributed by atoms with van der Waals surface area (Å²) >= 11 is 0. The number of carbonyl (C=O) groups is 1. The van der Waals surface area contributed by atoms with Gasteiger partial charge in [-0.15, -0.1) is 0 Å². The van der Waals surface area contributed by atoms with E-state index in [-0.39, 0.29) is 0 Å². The molecule has 156 valence electrons. The number of carboxylic acid groups (broad SMARTS) is 1. The normalized spacial score (nSPS) is 10.4. The minimum absolute atomic E-state index is 0.299. The molecule has 7 heteroatoms. The number of anilines is 2. The van der Waals surface area contributed by atoms with E-state index in [0.29, 0.717) is 24.5 Å². The molecule has 6 nitrogen and oxygen atoms in total. The van der Waals surface area contributed by atoms with Crippen molar-refractivity contribution in [1.82, 2.24) is 0 Å². The van der Waals surface area contributed by atoms with Crippen molar-refractivity contribution in [2.24, 2.45) is 0 Å².